The van der Waals surface area contributed by atoms with Gasteiger partial charge in [0.25, 0.3) is 0 Å². The van der Waals surface area contributed by atoms with E-state index in [0.717, 1.165) is 23.3 Å². The Kier molecular flexibility index (Phi) is 10.9. The highest BCUT2D eigenvalue weighted by Crippen LogP contribution is 2.20. The van der Waals surface area contributed by atoms with Crippen LogP contribution in [0, 0.1) is 6.92 Å². The van der Waals surface area contributed by atoms with Gasteiger partial charge in [0.15, 0.2) is 5.96 Å². The number of nitrogens with one attached hydrogen (secondary N) is 3. The molecule has 0 aliphatic carbocycles. The first-order valence-corrected chi connectivity index (χ1v) is 9.41. The molecule has 0 bridgehead atoms. The van der Waals surface area contributed by atoms with E-state index < -0.39 is 0 Å². The van der Waals surface area contributed by atoms with E-state index in [4.69, 9.17) is 9.47 Å². The molecule has 1 aromatic rings. The van der Waals surface area contributed by atoms with Crippen molar-refractivity contribution in [2.24, 2.45) is 4.99 Å². The van der Waals surface area contributed by atoms with Gasteiger partial charge in [-0.2, -0.15) is 0 Å². The molecule has 1 amide bonds. The largest absolute Gasteiger partial charge is 0.493 e. The van der Waals surface area contributed by atoms with E-state index in [1.54, 1.807) is 14.2 Å². The van der Waals surface area contributed by atoms with Crippen molar-refractivity contribution in [3.05, 3.63) is 29.3 Å². The molecule has 0 radical (unpaired) electrons. The molecular weight excluding hydrogens is 344 g/mol. The number of aliphatic imine (C=N–C) groups is 1. The summed E-state index contributed by atoms with van der Waals surface area (Å²) >= 11 is 0. The Morgan fingerprint density at radius 3 is 2.67 bits per heavy atom. The zero-order chi connectivity index (χ0) is 20.1. The number of rotatable bonds is 11. The molecule has 0 unspecified atom stereocenters. The summed E-state index contributed by atoms with van der Waals surface area (Å²) in [6, 6.07) is 6.30. The summed E-state index contributed by atoms with van der Waals surface area (Å²) in [6.45, 7) is 8.33. The summed E-state index contributed by atoms with van der Waals surface area (Å²) in [7, 11) is 3.40. The lowest BCUT2D eigenvalue weighted by Crippen LogP contribution is -2.39. The Labute approximate surface area is 162 Å². The Balaban J connectivity index is 2.50. The van der Waals surface area contributed by atoms with E-state index in [9.17, 15) is 4.79 Å². The number of carbonyl (C=O) groups is 1. The molecule has 0 fully saturated rings. The van der Waals surface area contributed by atoms with Gasteiger partial charge >= 0.3 is 0 Å². The van der Waals surface area contributed by atoms with Crippen LogP contribution in [0.2, 0.25) is 0 Å². The minimum atomic E-state index is 0.0261. The zero-order valence-electron chi connectivity index (χ0n) is 17.2. The molecule has 0 atom stereocenters. The quantitative estimate of drug-likeness (QED) is 0.312. The topological polar surface area (TPSA) is 84.0 Å². The third kappa shape index (κ3) is 9.84. The zero-order valence-corrected chi connectivity index (χ0v) is 17.2. The maximum atomic E-state index is 11.7. The van der Waals surface area contributed by atoms with Gasteiger partial charge in [-0.05, 0) is 32.4 Å². The predicted molar refractivity (Wildman–Crippen MR) is 109 cm³/mol. The number of hydrogen-bond donors (Lipinski definition) is 3. The highest BCUT2D eigenvalue weighted by Gasteiger charge is 2.07. The molecular formula is C20H34N4O3. The number of ether oxygens (including phenoxy) is 2. The maximum Gasteiger partial charge on any atom is 0.221 e. The van der Waals surface area contributed by atoms with Crippen LogP contribution in [0.15, 0.2) is 23.2 Å². The van der Waals surface area contributed by atoms with Gasteiger partial charge in [0.2, 0.25) is 5.91 Å². The van der Waals surface area contributed by atoms with Crippen molar-refractivity contribution < 1.29 is 14.3 Å². The Bertz CT molecular complexity index is 603. The number of benzene rings is 1. The first-order chi connectivity index (χ1) is 13.0. The van der Waals surface area contributed by atoms with E-state index in [-0.39, 0.29) is 11.9 Å². The van der Waals surface area contributed by atoms with Gasteiger partial charge < -0.3 is 25.4 Å². The third-order valence-corrected chi connectivity index (χ3v) is 3.74. The van der Waals surface area contributed by atoms with Gasteiger partial charge in [0, 0.05) is 58.3 Å². The number of methoxy groups -OCH3 is 1. The number of guanidine groups is 1. The van der Waals surface area contributed by atoms with Crippen LogP contribution in [0.4, 0.5) is 0 Å². The SMILES string of the molecule is CN=C(NCCC(=O)NC(C)C)NCc1ccc(C)cc1OCCCOC. The number of aryl methyl sites for hydroxylation is 1. The van der Waals surface area contributed by atoms with Gasteiger partial charge in [-0.25, -0.2) is 0 Å². The van der Waals surface area contributed by atoms with Crippen molar-refractivity contribution >= 4 is 11.9 Å². The molecule has 7 heteroatoms. The number of amides is 1. The van der Waals surface area contributed by atoms with E-state index in [1.807, 2.05) is 26.8 Å². The molecule has 0 heterocycles. The minimum absolute atomic E-state index is 0.0261. The van der Waals surface area contributed by atoms with E-state index in [1.165, 1.54) is 0 Å². The normalized spacial score (nSPS) is 11.4. The molecule has 1 aromatic carbocycles. The molecule has 152 valence electrons. The minimum Gasteiger partial charge on any atom is -0.493 e. The Hall–Kier alpha value is -2.28. The molecule has 7 nitrogen and oxygen atoms in total. The lowest BCUT2D eigenvalue weighted by atomic mass is 10.1. The highest BCUT2D eigenvalue weighted by molar-refractivity contribution is 5.81. The highest BCUT2D eigenvalue weighted by atomic mass is 16.5. The van der Waals surface area contributed by atoms with E-state index >= 15 is 0 Å². The summed E-state index contributed by atoms with van der Waals surface area (Å²) in [4.78, 5) is 15.9. The number of carbonyl (C=O) groups excluding carboxylic acids is 1. The fraction of sp³-hybridized carbons (Fsp3) is 0.600. The summed E-state index contributed by atoms with van der Waals surface area (Å²) in [6.07, 6.45) is 1.25. The maximum absolute atomic E-state index is 11.7. The van der Waals surface area contributed by atoms with Gasteiger partial charge in [-0.3, -0.25) is 9.79 Å². The molecule has 0 spiro atoms. The number of hydrogen-bond acceptors (Lipinski definition) is 4. The molecule has 0 saturated carbocycles. The average molecular weight is 379 g/mol. The molecule has 0 aromatic heterocycles. The smallest absolute Gasteiger partial charge is 0.221 e. The first-order valence-electron chi connectivity index (χ1n) is 9.41. The number of nitrogens with zero attached hydrogens (tertiary/aromatic N) is 1. The van der Waals surface area contributed by atoms with Crippen molar-refractivity contribution in [1.29, 1.82) is 0 Å². The van der Waals surface area contributed by atoms with Crippen molar-refractivity contribution in [1.82, 2.24) is 16.0 Å². The molecule has 1 rings (SSSR count). The third-order valence-electron chi connectivity index (χ3n) is 3.74. The lowest BCUT2D eigenvalue weighted by molar-refractivity contribution is -0.121. The summed E-state index contributed by atoms with van der Waals surface area (Å²) < 4.78 is 11.0. The van der Waals surface area contributed by atoms with Crippen LogP contribution in [0.3, 0.4) is 0 Å². The van der Waals surface area contributed by atoms with Crippen LogP contribution in [-0.4, -0.2) is 51.8 Å². The van der Waals surface area contributed by atoms with Crippen LogP contribution in [0.25, 0.3) is 0 Å². The van der Waals surface area contributed by atoms with Gasteiger partial charge in [0.1, 0.15) is 5.75 Å². The molecule has 3 N–H and O–H groups in total. The van der Waals surface area contributed by atoms with Crippen LogP contribution in [0.1, 0.15) is 37.8 Å². The monoisotopic (exact) mass is 378 g/mol. The van der Waals surface area contributed by atoms with Crippen LogP contribution in [0.5, 0.6) is 5.75 Å². The fourth-order valence-corrected chi connectivity index (χ4v) is 2.42. The van der Waals surface area contributed by atoms with Gasteiger partial charge in [-0.1, -0.05) is 12.1 Å². The average Bonchev–Trinajstić information content (AvgIpc) is 2.62. The van der Waals surface area contributed by atoms with Crippen LogP contribution in [-0.2, 0) is 16.1 Å². The molecule has 0 aliphatic heterocycles. The van der Waals surface area contributed by atoms with Crippen LogP contribution < -0.4 is 20.7 Å². The second-order valence-corrected chi connectivity index (χ2v) is 6.63. The van der Waals surface area contributed by atoms with E-state index in [2.05, 4.69) is 33.1 Å². The van der Waals surface area contributed by atoms with Crippen molar-refractivity contribution in [3.8, 4) is 5.75 Å². The summed E-state index contributed by atoms with van der Waals surface area (Å²) in [5.74, 6) is 1.54. The summed E-state index contributed by atoms with van der Waals surface area (Å²) in [5.41, 5.74) is 2.21. The van der Waals surface area contributed by atoms with Gasteiger partial charge in [-0.15, -0.1) is 0 Å². The first kappa shape index (κ1) is 22.8. The molecule has 27 heavy (non-hydrogen) atoms. The van der Waals surface area contributed by atoms with Crippen molar-refractivity contribution in [2.45, 2.75) is 46.2 Å². The standard InChI is InChI=1S/C20H34N4O3/c1-15(2)24-19(25)9-10-22-20(21-4)23-14-17-8-7-16(3)13-18(17)27-12-6-11-26-5/h7-8,13,15H,6,9-12,14H2,1-5H3,(H,24,25)(H2,21,22,23). The Morgan fingerprint density at radius 2 is 2.00 bits per heavy atom. The van der Waals surface area contributed by atoms with E-state index in [0.29, 0.717) is 38.7 Å². The molecule has 0 saturated heterocycles. The summed E-state index contributed by atoms with van der Waals surface area (Å²) in [5, 5.41) is 9.29. The molecule has 0 aliphatic rings. The lowest BCUT2D eigenvalue weighted by Gasteiger charge is -2.16. The second kappa shape index (κ2) is 13.0. The fourth-order valence-electron chi connectivity index (χ4n) is 2.42. The predicted octanol–water partition coefficient (Wildman–Crippen LogP) is 1.99. The van der Waals surface area contributed by atoms with Crippen LogP contribution >= 0.6 is 0 Å². The Morgan fingerprint density at radius 1 is 1.22 bits per heavy atom. The van der Waals surface area contributed by atoms with Crippen molar-refractivity contribution in [2.75, 3.05) is 33.9 Å². The second-order valence-electron chi connectivity index (χ2n) is 6.63. The van der Waals surface area contributed by atoms with Crippen molar-refractivity contribution in [3.63, 3.8) is 0 Å². The van der Waals surface area contributed by atoms with Gasteiger partial charge in [0.05, 0.1) is 6.61 Å².